The van der Waals surface area contributed by atoms with E-state index >= 15 is 0 Å². The van der Waals surface area contributed by atoms with Gasteiger partial charge in [0.05, 0.1) is 33.8 Å². The molecule has 0 aromatic heterocycles. The molecule has 1 N–H and O–H groups in total. The van der Waals surface area contributed by atoms with Gasteiger partial charge in [-0.1, -0.05) is 373 Å². The lowest BCUT2D eigenvalue weighted by Gasteiger charge is -2.30. The van der Waals surface area contributed by atoms with Gasteiger partial charge in [-0.05, 0) is 57.4 Å². The summed E-state index contributed by atoms with van der Waals surface area (Å²) in [6.45, 7) is 6.93. The second-order valence-electron chi connectivity index (χ2n) is 28.6. The second-order valence-corrected chi connectivity index (χ2v) is 30.0. The van der Waals surface area contributed by atoms with Gasteiger partial charge >= 0.3 is 5.97 Å². The largest absolute Gasteiger partial charge is 0.756 e. The maximum Gasteiger partial charge on any atom is 0.306 e. The molecule has 0 aromatic carbocycles. The SMILES string of the molecule is CCCCCCCC/C=C/CCCCCCCCCCCCCCCCCC(=O)OC(/C=C/CCCCCCCCCCCCC)C(COP(=O)([O-])OCC[N+](C)(C)C)NC(=O)CCCCCCCCCCCCCCCCCCCCCCCCCCC. The average molecular weight is 1280 g/mol. The van der Waals surface area contributed by atoms with E-state index in [4.69, 9.17) is 13.8 Å². The highest BCUT2D eigenvalue weighted by molar-refractivity contribution is 7.45. The Kier molecular flexibility index (Phi) is 68.1. The van der Waals surface area contributed by atoms with Crippen LogP contribution in [0.5, 0.6) is 0 Å². The number of nitrogens with zero attached hydrogens (tertiary/aromatic N) is 1. The number of hydrogen-bond acceptors (Lipinski definition) is 7. The van der Waals surface area contributed by atoms with E-state index in [1.807, 2.05) is 33.3 Å². The molecule has 528 valence electrons. The van der Waals surface area contributed by atoms with Gasteiger partial charge in [-0.15, -0.1) is 0 Å². The van der Waals surface area contributed by atoms with Crippen molar-refractivity contribution in [3.05, 3.63) is 24.3 Å². The number of likely N-dealkylation sites (N-methyl/N-ethyl adjacent to an activating group) is 1. The van der Waals surface area contributed by atoms with Crippen LogP contribution in [0.4, 0.5) is 0 Å². The Morgan fingerprint density at radius 3 is 0.955 bits per heavy atom. The number of phosphoric ester groups is 1. The molecule has 0 spiro atoms. The van der Waals surface area contributed by atoms with Crippen LogP contribution in [0.15, 0.2) is 24.3 Å². The number of ether oxygens (including phenoxy) is 1. The minimum Gasteiger partial charge on any atom is -0.756 e. The number of amides is 1. The molecular formula is C79H155N2O7P. The molecule has 3 atom stereocenters. The summed E-state index contributed by atoms with van der Waals surface area (Å²) in [5, 5.41) is 3.06. The van der Waals surface area contributed by atoms with Gasteiger partial charge in [0, 0.05) is 12.8 Å². The zero-order valence-corrected chi connectivity index (χ0v) is 61.6. The first kappa shape index (κ1) is 87.5. The molecule has 0 aliphatic carbocycles. The second kappa shape index (κ2) is 69.3. The van der Waals surface area contributed by atoms with Crippen LogP contribution in [0.3, 0.4) is 0 Å². The molecule has 0 heterocycles. The highest BCUT2D eigenvalue weighted by Gasteiger charge is 2.27. The Balaban J connectivity index is 4.94. The lowest BCUT2D eigenvalue weighted by molar-refractivity contribution is -0.870. The van der Waals surface area contributed by atoms with Crippen LogP contribution in [-0.2, 0) is 27.9 Å². The van der Waals surface area contributed by atoms with E-state index in [0.29, 0.717) is 17.4 Å². The van der Waals surface area contributed by atoms with Gasteiger partial charge in [-0.25, -0.2) is 0 Å². The Morgan fingerprint density at radius 2 is 0.652 bits per heavy atom. The number of esters is 1. The first-order valence-electron chi connectivity index (χ1n) is 39.6. The fraction of sp³-hybridized carbons (Fsp3) is 0.924. The number of hydrogen-bond donors (Lipinski definition) is 1. The standard InChI is InChI=1S/C79H155N2O7P/c1-7-10-13-16-19-22-25-28-30-32-34-36-38-40-42-44-46-48-50-53-56-59-62-65-68-71-78(82)80-76(75-87-89(84,85)86-74-73-81(4,5)6)77(70-67-64-61-58-55-52-27-24-21-18-15-12-9-3)88-79(83)72-69-66-63-60-57-54-51-49-47-45-43-41-39-37-35-33-31-29-26-23-20-17-14-11-8-2/h29,31,67,70,76-77H,7-28,30,32-66,68-69,71-75H2,1-6H3,(H-,80,82,84,85)/b31-29+,70-67+. The first-order chi connectivity index (χ1) is 43.4. The highest BCUT2D eigenvalue weighted by Crippen LogP contribution is 2.38. The molecule has 0 aliphatic rings. The summed E-state index contributed by atoms with van der Waals surface area (Å²) in [6.07, 6.45) is 86.1. The third kappa shape index (κ3) is 70.6. The molecule has 0 rings (SSSR count). The fourth-order valence-corrected chi connectivity index (χ4v) is 13.0. The normalized spacial score (nSPS) is 13.5. The molecule has 3 unspecified atom stereocenters. The van der Waals surface area contributed by atoms with Crippen LogP contribution < -0.4 is 10.2 Å². The van der Waals surface area contributed by atoms with Crippen molar-refractivity contribution in [2.24, 2.45) is 0 Å². The predicted molar refractivity (Wildman–Crippen MR) is 386 cm³/mol. The monoisotopic (exact) mass is 1280 g/mol. The van der Waals surface area contributed by atoms with Crippen LogP contribution >= 0.6 is 7.82 Å². The van der Waals surface area contributed by atoms with Crippen molar-refractivity contribution in [2.75, 3.05) is 40.9 Å². The van der Waals surface area contributed by atoms with Crippen molar-refractivity contribution in [2.45, 2.75) is 431 Å². The van der Waals surface area contributed by atoms with Gasteiger partial charge in [0.2, 0.25) is 5.91 Å². The molecule has 1 amide bonds. The topological polar surface area (TPSA) is 114 Å². The van der Waals surface area contributed by atoms with Crippen molar-refractivity contribution in [3.63, 3.8) is 0 Å². The summed E-state index contributed by atoms with van der Waals surface area (Å²) in [4.78, 5) is 40.3. The van der Waals surface area contributed by atoms with E-state index in [1.165, 1.54) is 327 Å². The van der Waals surface area contributed by atoms with Crippen LogP contribution in [0, 0.1) is 0 Å². The highest BCUT2D eigenvalue weighted by atomic mass is 31.2. The van der Waals surface area contributed by atoms with Gasteiger partial charge in [0.1, 0.15) is 19.3 Å². The number of phosphoric acid groups is 1. The van der Waals surface area contributed by atoms with Gasteiger partial charge in [-0.3, -0.25) is 14.2 Å². The van der Waals surface area contributed by atoms with Crippen LogP contribution in [0.1, 0.15) is 419 Å². The number of carbonyl (C=O) groups excluding carboxylic acids is 2. The fourth-order valence-electron chi connectivity index (χ4n) is 12.3. The number of unbranched alkanes of at least 4 members (excludes halogenated alkanes) is 56. The van der Waals surface area contributed by atoms with E-state index < -0.39 is 20.0 Å². The third-order valence-corrected chi connectivity index (χ3v) is 19.3. The van der Waals surface area contributed by atoms with Crippen LogP contribution in [-0.4, -0.2) is 69.4 Å². The number of carbonyl (C=O) groups is 2. The van der Waals surface area contributed by atoms with Gasteiger partial charge in [0.25, 0.3) is 7.82 Å². The first-order valence-corrected chi connectivity index (χ1v) is 41.1. The zero-order chi connectivity index (χ0) is 64.9. The molecule has 0 saturated heterocycles. The molecule has 9 nitrogen and oxygen atoms in total. The van der Waals surface area contributed by atoms with Crippen molar-refractivity contribution in [1.82, 2.24) is 5.32 Å². The molecule has 0 radical (unpaired) electrons. The maximum absolute atomic E-state index is 13.7. The summed E-state index contributed by atoms with van der Waals surface area (Å²) in [5.74, 6) is -0.512. The summed E-state index contributed by atoms with van der Waals surface area (Å²) in [6, 6.07) is -0.884. The molecule has 0 fully saturated rings. The van der Waals surface area contributed by atoms with E-state index in [2.05, 4.69) is 38.2 Å². The molecule has 0 bridgehead atoms. The van der Waals surface area contributed by atoms with Crippen LogP contribution in [0.25, 0.3) is 0 Å². The number of quaternary nitrogens is 1. The molecule has 89 heavy (non-hydrogen) atoms. The van der Waals surface area contributed by atoms with Gasteiger partial charge in [0.15, 0.2) is 0 Å². The van der Waals surface area contributed by atoms with E-state index in [-0.39, 0.29) is 31.5 Å². The predicted octanol–water partition coefficient (Wildman–Crippen LogP) is 24.9. The van der Waals surface area contributed by atoms with Crippen LogP contribution in [0.2, 0.25) is 0 Å². The molecule has 10 heteroatoms. The van der Waals surface area contributed by atoms with Crippen molar-refractivity contribution in [3.8, 4) is 0 Å². The molecular weight excluding hydrogens is 1120 g/mol. The van der Waals surface area contributed by atoms with Crippen molar-refractivity contribution in [1.29, 1.82) is 0 Å². The maximum atomic E-state index is 13.7. The summed E-state index contributed by atoms with van der Waals surface area (Å²) >= 11 is 0. The zero-order valence-electron chi connectivity index (χ0n) is 60.7. The summed E-state index contributed by atoms with van der Waals surface area (Å²) < 4.78 is 30.6. The molecule has 0 aromatic rings. The number of allylic oxidation sites excluding steroid dienone is 3. The Bertz CT molecular complexity index is 1570. The van der Waals surface area contributed by atoms with E-state index in [1.54, 1.807) is 0 Å². The number of nitrogens with one attached hydrogen (secondary N) is 1. The lowest BCUT2D eigenvalue weighted by atomic mass is 10.0. The quantitative estimate of drug-likeness (QED) is 0.0212. The van der Waals surface area contributed by atoms with Gasteiger partial charge in [-0.2, -0.15) is 0 Å². The smallest absolute Gasteiger partial charge is 0.306 e. The van der Waals surface area contributed by atoms with E-state index in [9.17, 15) is 19.0 Å². The molecule has 0 aliphatic heterocycles. The minimum atomic E-state index is -4.70. The Labute approximate surface area is 555 Å². The average Bonchev–Trinajstić information content (AvgIpc) is 3.54. The third-order valence-electron chi connectivity index (χ3n) is 18.4. The van der Waals surface area contributed by atoms with Crippen molar-refractivity contribution >= 4 is 19.7 Å². The number of rotatable bonds is 74. The Hall–Kier alpha value is -1.51. The minimum absolute atomic E-state index is 0.0174. The van der Waals surface area contributed by atoms with E-state index in [0.717, 1.165) is 57.8 Å². The summed E-state index contributed by atoms with van der Waals surface area (Å²) in [5.41, 5.74) is 0. The molecule has 0 saturated carbocycles. The van der Waals surface area contributed by atoms with Crippen molar-refractivity contribution < 1.29 is 37.3 Å². The Morgan fingerprint density at radius 1 is 0.382 bits per heavy atom. The van der Waals surface area contributed by atoms with Gasteiger partial charge < -0.3 is 28.5 Å². The lowest BCUT2D eigenvalue weighted by Crippen LogP contribution is -2.47. The summed E-state index contributed by atoms with van der Waals surface area (Å²) in [7, 11) is 1.21.